The highest BCUT2D eigenvalue weighted by molar-refractivity contribution is 6.74. The molecule has 3 nitrogen and oxygen atoms in total. The Labute approximate surface area is 223 Å². The summed E-state index contributed by atoms with van der Waals surface area (Å²) in [6, 6.07) is 0. The minimum atomic E-state index is -1.76. The number of carbonyl (C=O) groups is 1. The lowest BCUT2D eigenvalue weighted by Gasteiger charge is -2.44. The number of hydrogen-bond acceptors (Lipinski definition) is 3. The lowest BCUT2D eigenvalue weighted by Crippen LogP contribution is -2.44. The molecule has 0 radical (unpaired) electrons. The van der Waals surface area contributed by atoms with Crippen molar-refractivity contribution in [3.05, 3.63) is 35.5 Å². The number of esters is 1. The molecule has 3 aliphatic carbocycles. The molecule has 0 heterocycles. The van der Waals surface area contributed by atoms with Gasteiger partial charge in [-0.15, -0.1) is 0 Å². The normalized spacial score (nSPS) is 32.6. The van der Waals surface area contributed by atoms with Gasteiger partial charge < -0.3 is 9.16 Å². The molecule has 36 heavy (non-hydrogen) atoms. The second-order valence-corrected chi connectivity index (χ2v) is 18.6. The van der Waals surface area contributed by atoms with Crippen molar-refractivity contribution in [1.82, 2.24) is 0 Å². The molecule has 3 fully saturated rings. The molecule has 0 aromatic carbocycles. The van der Waals surface area contributed by atoms with Gasteiger partial charge in [0, 0.05) is 12.5 Å². The van der Waals surface area contributed by atoms with E-state index in [-0.39, 0.29) is 11.0 Å². The molecule has 0 bridgehead atoms. The van der Waals surface area contributed by atoms with Gasteiger partial charge in [0.05, 0.1) is 7.11 Å². The Morgan fingerprint density at radius 1 is 1.19 bits per heavy atom. The molecule has 3 saturated carbocycles. The van der Waals surface area contributed by atoms with Crippen LogP contribution in [-0.4, -0.2) is 27.5 Å². The molecule has 3 rings (SSSR count). The van der Waals surface area contributed by atoms with Gasteiger partial charge >= 0.3 is 5.97 Å². The molecule has 0 amide bonds. The fourth-order valence-electron chi connectivity index (χ4n) is 7.16. The van der Waals surface area contributed by atoms with Crippen molar-refractivity contribution in [2.45, 2.75) is 129 Å². The molecule has 0 N–H and O–H groups in total. The third kappa shape index (κ3) is 6.65. The molecule has 4 heteroatoms. The van der Waals surface area contributed by atoms with Crippen LogP contribution in [0.2, 0.25) is 18.1 Å². The maximum absolute atomic E-state index is 11.6. The van der Waals surface area contributed by atoms with Crippen molar-refractivity contribution < 1.29 is 14.0 Å². The summed E-state index contributed by atoms with van der Waals surface area (Å²) in [7, 11) is -0.272. The number of hydrogen-bond donors (Lipinski definition) is 0. The number of carbonyl (C=O) groups excluding carboxylic acids is 1. The molecule has 3 aliphatic rings. The van der Waals surface area contributed by atoms with Crippen LogP contribution < -0.4 is 0 Å². The molecule has 0 aromatic rings. The van der Waals surface area contributed by atoms with Gasteiger partial charge in [-0.2, -0.15) is 0 Å². The maximum Gasteiger partial charge on any atom is 0.305 e. The molecular formula is C32H54O3Si. The van der Waals surface area contributed by atoms with Crippen LogP contribution in [0.4, 0.5) is 0 Å². The Balaban J connectivity index is 1.68. The smallest absolute Gasteiger partial charge is 0.305 e. The quantitative estimate of drug-likeness (QED) is 0.239. The first kappa shape index (κ1) is 29.4. The van der Waals surface area contributed by atoms with E-state index in [0.717, 1.165) is 38.0 Å². The van der Waals surface area contributed by atoms with E-state index in [0.29, 0.717) is 29.8 Å². The van der Waals surface area contributed by atoms with Gasteiger partial charge in [-0.3, -0.25) is 4.79 Å². The maximum atomic E-state index is 11.6. The van der Waals surface area contributed by atoms with Crippen LogP contribution in [0.3, 0.4) is 0 Å². The number of allylic oxidation sites excluding steroid dienone is 4. The predicted molar refractivity (Wildman–Crippen MR) is 154 cm³/mol. The van der Waals surface area contributed by atoms with Crippen molar-refractivity contribution in [3.63, 3.8) is 0 Å². The third-order valence-electron chi connectivity index (χ3n) is 10.4. The Morgan fingerprint density at radius 3 is 2.58 bits per heavy atom. The van der Waals surface area contributed by atoms with Crippen LogP contribution in [0, 0.1) is 23.2 Å². The SMILES string of the molecule is C=C1CC[C@H](O[Si](C)(C)C(C)(C)C)C/C1=C/C=C1\CCC[C@]2(C)[C@@H](C(C)CCCC(=O)OC)CC[C@@H]12. The fraction of sp³-hybridized carbons (Fsp3) is 0.781. The zero-order chi connectivity index (χ0) is 26.7. The topological polar surface area (TPSA) is 35.5 Å². The Kier molecular flexibility index (Phi) is 9.58. The second-order valence-electron chi connectivity index (χ2n) is 13.8. The van der Waals surface area contributed by atoms with Crippen molar-refractivity contribution in [2.24, 2.45) is 23.2 Å². The molecule has 204 valence electrons. The molecular weight excluding hydrogens is 460 g/mol. The van der Waals surface area contributed by atoms with Crippen LogP contribution in [0.25, 0.3) is 0 Å². The first-order valence-electron chi connectivity index (χ1n) is 14.6. The average Bonchev–Trinajstić information content (AvgIpc) is 3.15. The zero-order valence-corrected chi connectivity index (χ0v) is 25.7. The number of rotatable bonds is 8. The first-order chi connectivity index (χ1) is 16.8. The van der Waals surface area contributed by atoms with Crippen molar-refractivity contribution in [1.29, 1.82) is 0 Å². The van der Waals surface area contributed by atoms with E-state index in [2.05, 4.69) is 66.4 Å². The Bertz CT molecular complexity index is 861. The Hall–Kier alpha value is -1.13. The largest absolute Gasteiger partial charge is 0.469 e. The van der Waals surface area contributed by atoms with Gasteiger partial charge in [0.25, 0.3) is 0 Å². The van der Waals surface area contributed by atoms with E-state index in [9.17, 15) is 4.79 Å². The van der Waals surface area contributed by atoms with E-state index in [4.69, 9.17) is 9.16 Å². The molecule has 1 unspecified atom stereocenters. The minimum absolute atomic E-state index is 0.0742. The molecule has 0 spiro atoms. The first-order valence-corrected chi connectivity index (χ1v) is 17.5. The summed E-state index contributed by atoms with van der Waals surface area (Å²) in [5.74, 6) is 2.04. The highest BCUT2D eigenvalue weighted by Crippen LogP contribution is 2.60. The van der Waals surface area contributed by atoms with E-state index in [1.165, 1.54) is 50.4 Å². The van der Waals surface area contributed by atoms with Crippen molar-refractivity contribution in [3.8, 4) is 0 Å². The van der Waals surface area contributed by atoms with E-state index in [1.807, 2.05) is 0 Å². The second kappa shape index (κ2) is 11.7. The van der Waals surface area contributed by atoms with Gasteiger partial charge in [0.15, 0.2) is 8.32 Å². The van der Waals surface area contributed by atoms with E-state index in [1.54, 1.807) is 5.57 Å². The monoisotopic (exact) mass is 514 g/mol. The summed E-state index contributed by atoms with van der Waals surface area (Å²) >= 11 is 0. The van der Waals surface area contributed by atoms with Gasteiger partial charge in [0.2, 0.25) is 0 Å². The number of ether oxygens (including phenoxy) is 1. The third-order valence-corrected chi connectivity index (χ3v) is 15.0. The number of fused-ring (bicyclic) bond motifs is 1. The molecule has 0 aromatic heterocycles. The van der Waals surface area contributed by atoms with E-state index < -0.39 is 8.32 Å². The minimum Gasteiger partial charge on any atom is -0.469 e. The lowest BCUT2D eigenvalue weighted by molar-refractivity contribution is -0.140. The van der Waals surface area contributed by atoms with Crippen molar-refractivity contribution >= 4 is 14.3 Å². The summed E-state index contributed by atoms with van der Waals surface area (Å²) in [6.45, 7) is 21.1. The van der Waals surface area contributed by atoms with Gasteiger partial charge in [-0.05, 0) is 111 Å². The van der Waals surface area contributed by atoms with Gasteiger partial charge in [0.1, 0.15) is 0 Å². The lowest BCUT2D eigenvalue weighted by atomic mass is 9.60. The highest BCUT2D eigenvalue weighted by Gasteiger charge is 2.50. The van der Waals surface area contributed by atoms with Crippen LogP contribution in [0.15, 0.2) is 35.5 Å². The predicted octanol–water partition coefficient (Wildman–Crippen LogP) is 9.17. The zero-order valence-electron chi connectivity index (χ0n) is 24.7. The fourth-order valence-corrected chi connectivity index (χ4v) is 8.55. The number of methoxy groups -OCH3 is 1. The van der Waals surface area contributed by atoms with Gasteiger partial charge in [-0.25, -0.2) is 0 Å². The summed E-state index contributed by atoms with van der Waals surface area (Å²) in [6.07, 6.45) is 17.5. The van der Waals surface area contributed by atoms with E-state index >= 15 is 0 Å². The molecule has 5 atom stereocenters. The molecule has 0 saturated heterocycles. The Morgan fingerprint density at radius 2 is 1.92 bits per heavy atom. The van der Waals surface area contributed by atoms with Crippen LogP contribution in [-0.2, 0) is 14.0 Å². The summed E-state index contributed by atoms with van der Waals surface area (Å²) < 4.78 is 11.6. The summed E-state index contributed by atoms with van der Waals surface area (Å²) in [5, 5.41) is 0.245. The molecule has 0 aliphatic heterocycles. The standard InChI is InChI=1S/C32H54O3Si/c1-23-15-18-27(35-36(8,9)31(3,4)5)22-26(23)17-16-25-13-11-21-32(6)28(19-20-29(25)32)24(2)12-10-14-30(33)34-7/h16-17,24,27-29H,1,10-15,18-22H2,2-9H3/b25-16+,26-17-/t24?,27-,28+,29-,32+/m0/s1. The summed E-state index contributed by atoms with van der Waals surface area (Å²) in [5.41, 5.74) is 4.78. The van der Waals surface area contributed by atoms with Crippen LogP contribution >= 0.6 is 0 Å². The van der Waals surface area contributed by atoms with Crippen molar-refractivity contribution in [2.75, 3.05) is 7.11 Å². The van der Waals surface area contributed by atoms with Gasteiger partial charge in [-0.1, -0.05) is 64.5 Å². The highest BCUT2D eigenvalue weighted by atomic mass is 28.4. The van der Waals surface area contributed by atoms with Crippen LogP contribution in [0.5, 0.6) is 0 Å². The summed E-state index contributed by atoms with van der Waals surface area (Å²) in [4.78, 5) is 11.6. The van der Waals surface area contributed by atoms with Crippen LogP contribution in [0.1, 0.15) is 105 Å². The average molecular weight is 515 g/mol.